The Kier molecular flexibility index (Phi) is 6.64. The summed E-state index contributed by atoms with van der Waals surface area (Å²) >= 11 is 2.29. The Labute approximate surface area is 248 Å². The average Bonchev–Trinajstić information content (AvgIpc) is 3.50. The van der Waals surface area contributed by atoms with Crippen LogP contribution in [0.5, 0.6) is 5.75 Å². The summed E-state index contributed by atoms with van der Waals surface area (Å²) in [4.78, 5) is 57.0. The minimum absolute atomic E-state index is 0.217. The van der Waals surface area contributed by atoms with Crippen LogP contribution in [0.25, 0.3) is 10.8 Å². The van der Waals surface area contributed by atoms with E-state index in [9.17, 15) is 19.2 Å². The molecule has 0 saturated carbocycles. The third-order valence-electron chi connectivity index (χ3n) is 7.46. The van der Waals surface area contributed by atoms with Crippen molar-refractivity contribution < 1.29 is 19.1 Å². The number of nitrogens with one attached hydrogen (secondary N) is 2. The van der Waals surface area contributed by atoms with Crippen molar-refractivity contribution in [3.63, 3.8) is 0 Å². The Balaban J connectivity index is 1.14. The summed E-state index contributed by atoms with van der Waals surface area (Å²) in [5, 5.41) is 4.89. The lowest BCUT2D eigenvalue weighted by molar-refractivity contribution is -0.122. The molecule has 0 bridgehead atoms. The number of nitrogens with zero attached hydrogens (tertiary/aromatic N) is 1. The zero-order valence-corrected chi connectivity index (χ0v) is 23.6. The minimum atomic E-state index is -0.701. The zero-order chi connectivity index (χ0) is 28.8. The molecule has 1 saturated heterocycles. The molecule has 1 aromatic heterocycles. The molecule has 0 spiro atoms. The number of anilines is 2. The lowest BCUT2D eigenvalue weighted by atomic mass is 9.83. The van der Waals surface area contributed by atoms with Crippen LogP contribution in [0.1, 0.15) is 16.4 Å². The number of carbonyl (C=O) groups is 3. The molecule has 2 aliphatic heterocycles. The largest absolute Gasteiger partial charge is 0.484 e. The molecule has 4 aromatic carbocycles. The average molecular weight is 594 g/mol. The molecule has 0 unspecified atom stereocenters. The summed E-state index contributed by atoms with van der Waals surface area (Å²) in [6.07, 6.45) is 0. The van der Waals surface area contributed by atoms with Crippen LogP contribution in [0.3, 0.4) is 0 Å². The number of ether oxygens (including phenoxy) is 1. The molecule has 3 heterocycles. The predicted molar refractivity (Wildman–Crippen MR) is 163 cm³/mol. The van der Waals surface area contributed by atoms with Crippen LogP contribution in [-0.2, 0) is 14.4 Å². The van der Waals surface area contributed by atoms with E-state index in [1.54, 1.807) is 42.5 Å². The van der Waals surface area contributed by atoms with Crippen molar-refractivity contribution in [3.8, 4) is 5.75 Å². The van der Waals surface area contributed by atoms with Crippen molar-refractivity contribution in [1.82, 2.24) is 4.98 Å². The van der Waals surface area contributed by atoms with Gasteiger partial charge in [0.25, 0.3) is 5.91 Å². The van der Waals surface area contributed by atoms with Crippen LogP contribution in [0.15, 0.2) is 107 Å². The van der Waals surface area contributed by atoms with Gasteiger partial charge < -0.3 is 15.0 Å². The SMILES string of the molecule is O=C(COc1cccc([C@@H]2c3sc(=O)[nH]c3S[C@H]3C(=O)N(c4ccccc4)C(=O)[C@@H]23)c1)Nc1ccc2ccccc2c1. The summed E-state index contributed by atoms with van der Waals surface area (Å²) < 4.78 is 5.86. The number of thiazole rings is 1. The summed E-state index contributed by atoms with van der Waals surface area (Å²) in [5.74, 6) is -1.71. The zero-order valence-electron chi connectivity index (χ0n) is 22.0. The summed E-state index contributed by atoms with van der Waals surface area (Å²) in [6.45, 7) is -0.217. The summed E-state index contributed by atoms with van der Waals surface area (Å²) in [5.41, 5.74) is 1.92. The van der Waals surface area contributed by atoms with Crippen molar-refractivity contribution in [1.29, 1.82) is 0 Å². The van der Waals surface area contributed by atoms with E-state index in [2.05, 4.69) is 10.3 Å². The molecule has 0 radical (unpaired) electrons. The molecular weight excluding hydrogens is 571 g/mol. The van der Waals surface area contributed by atoms with Crippen LogP contribution >= 0.6 is 23.1 Å². The van der Waals surface area contributed by atoms with Gasteiger partial charge in [-0.15, -0.1) is 0 Å². The van der Waals surface area contributed by atoms with E-state index in [1.807, 2.05) is 54.6 Å². The molecule has 10 heteroatoms. The summed E-state index contributed by atoms with van der Waals surface area (Å²) in [7, 11) is 0. The molecule has 8 nitrogen and oxygen atoms in total. The van der Waals surface area contributed by atoms with Crippen LogP contribution in [-0.4, -0.2) is 34.6 Å². The Morgan fingerprint density at radius 1 is 0.857 bits per heavy atom. The fourth-order valence-corrected chi connectivity index (χ4v) is 8.13. The lowest BCUT2D eigenvalue weighted by Gasteiger charge is -2.30. The number of benzene rings is 4. The third kappa shape index (κ3) is 4.68. The van der Waals surface area contributed by atoms with Gasteiger partial charge in [-0.2, -0.15) is 0 Å². The van der Waals surface area contributed by atoms with E-state index in [-0.39, 0.29) is 29.2 Å². The number of rotatable bonds is 6. The van der Waals surface area contributed by atoms with E-state index in [4.69, 9.17) is 4.74 Å². The second-order valence-electron chi connectivity index (χ2n) is 10.1. The fourth-order valence-electron chi connectivity index (χ4n) is 5.62. The maximum Gasteiger partial charge on any atom is 0.305 e. The number of hydrogen-bond acceptors (Lipinski definition) is 7. The van der Waals surface area contributed by atoms with E-state index >= 15 is 0 Å². The van der Waals surface area contributed by atoms with Gasteiger partial charge in [-0.25, -0.2) is 4.90 Å². The van der Waals surface area contributed by atoms with E-state index in [0.29, 0.717) is 27.0 Å². The van der Waals surface area contributed by atoms with Gasteiger partial charge in [-0.05, 0) is 52.7 Å². The van der Waals surface area contributed by atoms with E-state index in [1.165, 1.54) is 16.7 Å². The Morgan fingerprint density at radius 3 is 2.48 bits per heavy atom. The number of H-pyrrole nitrogens is 1. The normalized spacial score (nSPS) is 19.4. The monoisotopic (exact) mass is 593 g/mol. The fraction of sp³-hybridized carbons (Fsp3) is 0.125. The van der Waals surface area contributed by atoms with Crippen LogP contribution in [0.4, 0.5) is 11.4 Å². The summed E-state index contributed by atoms with van der Waals surface area (Å²) in [6, 6.07) is 29.6. The lowest BCUT2D eigenvalue weighted by Crippen LogP contribution is -2.32. The van der Waals surface area contributed by atoms with Gasteiger partial charge in [0.15, 0.2) is 6.61 Å². The van der Waals surface area contributed by atoms with E-state index in [0.717, 1.165) is 27.7 Å². The molecule has 3 atom stereocenters. The highest BCUT2D eigenvalue weighted by Crippen LogP contribution is 2.53. The topological polar surface area (TPSA) is 109 Å². The van der Waals surface area contributed by atoms with Crippen molar-refractivity contribution in [3.05, 3.63) is 117 Å². The first-order valence-corrected chi connectivity index (χ1v) is 15.0. The molecule has 5 aromatic rings. The Morgan fingerprint density at radius 2 is 1.64 bits per heavy atom. The third-order valence-corrected chi connectivity index (χ3v) is 9.86. The maximum absolute atomic E-state index is 13.8. The van der Waals surface area contributed by atoms with Gasteiger partial charge in [-0.1, -0.05) is 83.8 Å². The Bertz CT molecular complexity index is 1920. The smallest absolute Gasteiger partial charge is 0.305 e. The predicted octanol–water partition coefficient (Wildman–Crippen LogP) is 5.40. The molecule has 3 amide bonds. The maximum atomic E-state index is 13.8. The van der Waals surface area contributed by atoms with Gasteiger partial charge in [-0.3, -0.25) is 19.2 Å². The highest BCUT2D eigenvalue weighted by molar-refractivity contribution is 8.00. The number of aromatic nitrogens is 1. The van der Waals surface area contributed by atoms with Crippen molar-refractivity contribution in [2.75, 3.05) is 16.8 Å². The highest BCUT2D eigenvalue weighted by atomic mass is 32.2. The van der Waals surface area contributed by atoms with Crippen molar-refractivity contribution in [2.24, 2.45) is 5.92 Å². The van der Waals surface area contributed by atoms with Gasteiger partial charge in [0.2, 0.25) is 11.8 Å². The molecule has 7 rings (SSSR count). The standard InChI is InChI=1S/C32H23N3O5S2/c36-24(33-21-14-13-18-7-4-5-8-19(18)15-21)17-40-23-12-6-9-20(16-23)25-26-28(41-29-27(25)42-32(39)34-29)31(38)35(30(26)37)22-10-2-1-3-11-22/h1-16,25-26,28H,17H2,(H,33,36)(H,34,39)/t25-,26-,28+/m0/s1. The van der Waals surface area contributed by atoms with Gasteiger partial charge in [0.1, 0.15) is 11.0 Å². The molecule has 42 heavy (non-hydrogen) atoms. The van der Waals surface area contributed by atoms with Crippen molar-refractivity contribution >= 4 is 63.0 Å². The second kappa shape index (κ2) is 10.6. The second-order valence-corrected chi connectivity index (χ2v) is 12.2. The van der Waals surface area contributed by atoms with Crippen LogP contribution in [0, 0.1) is 5.92 Å². The first-order valence-electron chi connectivity index (χ1n) is 13.3. The molecule has 1 fully saturated rings. The first kappa shape index (κ1) is 26.2. The number of imide groups is 1. The van der Waals surface area contributed by atoms with Gasteiger partial charge in [0, 0.05) is 16.5 Å². The number of aromatic amines is 1. The molecule has 0 aliphatic carbocycles. The number of thioether (sulfide) groups is 1. The highest BCUT2D eigenvalue weighted by Gasteiger charge is 2.56. The van der Waals surface area contributed by atoms with Gasteiger partial charge in [0.05, 0.1) is 16.6 Å². The van der Waals surface area contributed by atoms with Crippen LogP contribution in [0.2, 0.25) is 0 Å². The number of para-hydroxylation sites is 1. The van der Waals surface area contributed by atoms with E-state index < -0.39 is 17.1 Å². The minimum Gasteiger partial charge on any atom is -0.484 e. The number of fused-ring (bicyclic) bond motifs is 3. The quantitative estimate of drug-likeness (QED) is 0.255. The molecule has 2 N–H and O–H groups in total. The van der Waals surface area contributed by atoms with Crippen molar-refractivity contribution in [2.45, 2.75) is 16.2 Å². The Hall–Kier alpha value is -4.67. The first-order chi connectivity index (χ1) is 20.5. The number of hydrogen-bond donors (Lipinski definition) is 2. The molecular formula is C32H23N3O5S2. The number of carbonyl (C=O) groups excluding carboxylic acids is 3. The van der Waals surface area contributed by atoms with Gasteiger partial charge >= 0.3 is 4.87 Å². The van der Waals surface area contributed by atoms with Crippen LogP contribution < -0.4 is 19.8 Å². The molecule has 2 aliphatic rings. The number of amides is 3. The molecule has 208 valence electrons.